The van der Waals surface area contributed by atoms with Crippen LogP contribution in [0.25, 0.3) is 0 Å². The molecule has 0 aliphatic rings. The van der Waals surface area contributed by atoms with Crippen molar-refractivity contribution in [3.63, 3.8) is 0 Å². The fraction of sp³-hybridized carbons (Fsp3) is 0.333. The molecule has 0 spiro atoms. The summed E-state index contributed by atoms with van der Waals surface area (Å²) in [4.78, 5) is 0. The second kappa shape index (κ2) is 4.27. The molecule has 1 heteroatoms. The van der Waals surface area contributed by atoms with Crippen molar-refractivity contribution in [3.8, 4) is 0 Å². The Labute approximate surface area is 50.8 Å². The SMILES string of the molecule is C=C/C=[CH]/[Ru]([CH3])[CH3]. The van der Waals surface area contributed by atoms with Crippen LogP contribution in [0.3, 0.4) is 0 Å². The first-order valence-electron chi connectivity index (χ1n) is 1.99. The Morgan fingerprint density at radius 1 is 1.43 bits per heavy atom. The van der Waals surface area contributed by atoms with Gasteiger partial charge in [-0.15, -0.1) is 0 Å². The van der Waals surface area contributed by atoms with Gasteiger partial charge in [0.15, 0.2) is 0 Å². The van der Waals surface area contributed by atoms with Crippen LogP contribution in [0, 0.1) is 0 Å². The molecule has 0 bridgehead atoms. The molecule has 0 nitrogen and oxygen atoms in total. The van der Waals surface area contributed by atoms with E-state index in [4.69, 9.17) is 0 Å². The van der Waals surface area contributed by atoms with Gasteiger partial charge in [-0.25, -0.2) is 0 Å². The van der Waals surface area contributed by atoms with Crippen LogP contribution in [0.1, 0.15) is 0 Å². The molecule has 0 unspecified atom stereocenters. The predicted molar refractivity (Wildman–Crippen MR) is 31.1 cm³/mol. The Morgan fingerprint density at radius 3 is 2.14 bits per heavy atom. The van der Waals surface area contributed by atoms with Crippen LogP contribution in [-0.4, -0.2) is 0 Å². The summed E-state index contributed by atoms with van der Waals surface area (Å²) in [5.41, 5.74) is 4.56. The van der Waals surface area contributed by atoms with E-state index in [2.05, 4.69) is 22.3 Å². The van der Waals surface area contributed by atoms with Crippen LogP contribution in [-0.2, 0) is 16.0 Å². The molecule has 0 aliphatic carbocycles. The van der Waals surface area contributed by atoms with Crippen molar-refractivity contribution in [2.24, 2.45) is 0 Å². The van der Waals surface area contributed by atoms with Crippen molar-refractivity contribution in [1.29, 1.82) is 0 Å². The van der Waals surface area contributed by atoms with Crippen molar-refractivity contribution in [1.82, 2.24) is 0 Å². The minimum absolute atomic E-state index is 0.475. The topological polar surface area (TPSA) is 0 Å². The van der Waals surface area contributed by atoms with Crippen molar-refractivity contribution in [2.75, 3.05) is 0 Å². The minimum atomic E-state index is -0.475. The molecule has 0 rings (SSSR count). The van der Waals surface area contributed by atoms with Gasteiger partial charge in [0, 0.05) is 0 Å². The summed E-state index contributed by atoms with van der Waals surface area (Å²) in [5, 5.41) is 0. The monoisotopic (exact) mass is 185 g/mol. The summed E-state index contributed by atoms with van der Waals surface area (Å²) >= 11 is -0.475. The molecule has 0 radical (unpaired) electrons. The Morgan fingerprint density at radius 2 is 2.00 bits per heavy atom. The van der Waals surface area contributed by atoms with Crippen molar-refractivity contribution in [2.45, 2.75) is 11.0 Å². The van der Waals surface area contributed by atoms with E-state index in [1.165, 1.54) is 0 Å². The van der Waals surface area contributed by atoms with Crippen LogP contribution in [0.4, 0.5) is 0 Å². The summed E-state index contributed by atoms with van der Waals surface area (Å²) in [6.07, 6.45) is 3.85. The van der Waals surface area contributed by atoms with Crippen LogP contribution >= 0.6 is 0 Å². The summed E-state index contributed by atoms with van der Waals surface area (Å²) in [6.45, 7) is 3.57. The first-order valence-corrected chi connectivity index (χ1v) is 6.47. The number of hydrogen-bond donors (Lipinski definition) is 0. The Hall–Kier alpha value is 0.103. The molecule has 43 valence electrons. The van der Waals surface area contributed by atoms with Crippen molar-refractivity contribution >= 4 is 0 Å². The Bertz CT molecular complexity index is 72.2. The van der Waals surface area contributed by atoms with Gasteiger partial charge in [0.2, 0.25) is 0 Å². The van der Waals surface area contributed by atoms with Gasteiger partial charge in [-0.2, -0.15) is 0 Å². The van der Waals surface area contributed by atoms with E-state index < -0.39 is 16.0 Å². The van der Waals surface area contributed by atoms with E-state index in [1.807, 2.05) is 12.2 Å². The molecule has 0 amide bonds. The van der Waals surface area contributed by atoms with Gasteiger partial charge in [-0.3, -0.25) is 0 Å². The van der Waals surface area contributed by atoms with Crippen molar-refractivity contribution in [3.05, 3.63) is 23.4 Å². The van der Waals surface area contributed by atoms with Crippen molar-refractivity contribution < 1.29 is 16.0 Å². The van der Waals surface area contributed by atoms with Gasteiger partial charge in [-0.1, -0.05) is 0 Å². The normalized spacial score (nSPS) is 12.0. The summed E-state index contributed by atoms with van der Waals surface area (Å²) in [5.74, 6) is 0. The fourth-order valence-corrected chi connectivity index (χ4v) is 1.09. The fourth-order valence-electron chi connectivity index (χ4n) is 0.184. The molecular formula is C6H11Ru. The predicted octanol–water partition coefficient (Wildman–Crippen LogP) is 2.40. The molecule has 0 atom stereocenters. The summed E-state index contributed by atoms with van der Waals surface area (Å²) < 4.78 is 2.25. The van der Waals surface area contributed by atoms with E-state index in [1.54, 1.807) is 0 Å². The molecule has 0 fully saturated rings. The van der Waals surface area contributed by atoms with Crippen LogP contribution in [0.5, 0.6) is 0 Å². The van der Waals surface area contributed by atoms with E-state index >= 15 is 0 Å². The average Bonchev–Trinajstić information content (AvgIpc) is 1.61. The standard InChI is InChI=1S/C4H5.2CH3.Ru/c1-3-4-2;;;/h1,3-4H,2H2;2*1H3;. The molecule has 0 saturated heterocycles. The molecule has 0 aromatic rings. The van der Waals surface area contributed by atoms with Gasteiger partial charge >= 0.3 is 50.4 Å². The van der Waals surface area contributed by atoms with Gasteiger partial charge < -0.3 is 0 Å². The first-order chi connectivity index (χ1) is 3.27. The van der Waals surface area contributed by atoms with E-state index in [0.29, 0.717) is 0 Å². The first kappa shape index (κ1) is 7.10. The molecule has 0 heterocycles. The number of hydrogen-bond acceptors (Lipinski definition) is 0. The van der Waals surface area contributed by atoms with Crippen LogP contribution in [0.2, 0.25) is 11.0 Å². The second-order valence-corrected chi connectivity index (χ2v) is 5.63. The number of allylic oxidation sites excluding steroid dienone is 2. The zero-order chi connectivity index (χ0) is 5.70. The quantitative estimate of drug-likeness (QED) is 0.456. The van der Waals surface area contributed by atoms with Gasteiger partial charge in [-0.05, 0) is 0 Å². The Balaban J connectivity index is 3.25. The second-order valence-electron chi connectivity index (χ2n) is 1.31. The molecule has 7 heavy (non-hydrogen) atoms. The molecule has 0 aromatic carbocycles. The zero-order valence-electron chi connectivity index (χ0n) is 4.79. The molecule has 0 N–H and O–H groups in total. The van der Waals surface area contributed by atoms with Crippen LogP contribution in [0.15, 0.2) is 23.4 Å². The zero-order valence-corrected chi connectivity index (χ0v) is 6.53. The van der Waals surface area contributed by atoms with E-state index in [-0.39, 0.29) is 0 Å². The maximum atomic E-state index is 3.57. The van der Waals surface area contributed by atoms with Gasteiger partial charge in [0.25, 0.3) is 0 Å². The molecule has 0 aliphatic heterocycles. The third-order valence-electron chi connectivity index (χ3n) is 0.440. The van der Waals surface area contributed by atoms with Gasteiger partial charge in [0.05, 0.1) is 0 Å². The average molecular weight is 184 g/mol. The molecular weight excluding hydrogens is 173 g/mol. The molecule has 0 aromatic heterocycles. The van der Waals surface area contributed by atoms with E-state index in [0.717, 1.165) is 0 Å². The maximum absolute atomic E-state index is 3.57. The van der Waals surface area contributed by atoms with Crippen LogP contribution < -0.4 is 0 Å². The van der Waals surface area contributed by atoms with E-state index in [9.17, 15) is 0 Å². The third kappa shape index (κ3) is 6.10. The Kier molecular flexibility index (Phi) is 4.33. The third-order valence-corrected chi connectivity index (χ3v) is 1.93. The number of rotatable bonds is 2. The summed E-state index contributed by atoms with van der Waals surface area (Å²) in [7, 11) is 0. The molecule has 0 saturated carbocycles. The summed E-state index contributed by atoms with van der Waals surface area (Å²) in [6, 6.07) is 0. The van der Waals surface area contributed by atoms with Gasteiger partial charge in [0.1, 0.15) is 0 Å².